The Hall–Kier alpha value is 0.430. The minimum Gasteiger partial charge on any atom is -0.396 e. The second-order valence-corrected chi connectivity index (χ2v) is 5.60. The van der Waals surface area contributed by atoms with Crippen molar-refractivity contribution in [3.63, 3.8) is 0 Å². The molecule has 66 valence electrons. The zero-order valence-corrected chi connectivity index (χ0v) is 9.42. The molecule has 1 saturated carbocycles. The molecule has 1 heterocycles. The van der Waals surface area contributed by atoms with Gasteiger partial charge in [0.1, 0.15) is 4.34 Å². The van der Waals surface area contributed by atoms with Gasteiger partial charge < -0.3 is 5.11 Å². The van der Waals surface area contributed by atoms with Gasteiger partial charge in [-0.3, -0.25) is 0 Å². The first-order valence-electron chi connectivity index (χ1n) is 3.78. The van der Waals surface area contributed by atoms with Crippen molar-refractivity contribution >= 4 is 38.9 Å². The Kier molecular flexibility index (Phi) is 2.47. The van der Waals surface area contributed by atoms with Crippen LogP contribution < -0.4 is 0 Å². The first-order chi connectivity index (χ1) is 5.72. The smallest absolute Gasteiger partial charge is 0.107 e. The summed E-state index contributed by atoms with van der Waals surface area (Å²) < 4.78 is 1.79. The van der Waals surface area contributed by atoms with E-state index >= 15 is 0 Å². The number of thiophene rings is 1. The van der Waals surface area contributed by atoms with Crippen molar-refractivity contribution in [1.29, 1.82) is 0 Å². The highest BCUT2D eigenvalue weighted by Crippen LogP contribution is 2.51. The van der Waals surface area contributed by atoms with Gasteiger partial charge in [0.2, 0.25) is 0 Å². The third kappa shape index (κ3) is 1.55. The maximum Gasteiger partial charge on any atom is 0.107 e. The van der Waals surface area contributed by atoms with Gasteiger partial charge in [0, 0.05) is 16.0 Å². The predicted octanol–water partition coefficient (Wildman–Crippen LogP) is 3.26. The molecular formula is C8H8BrClOS. The van der Waals surface area contributed by atoms with E-state index in [1.807, 2.05) is 0 Å². The molecule has 1 N–H and O–H groups in total. The van der Waals surface area contributed by atoms with Crippen molar-refractivity contribution in [2.75, 3.05) is 6.61 Å². The molecule has 4 heteroatoms. The zero-order chi connectivity index (χ0) is 8.72. The van der Waals surface area contributed by atoms with Gasteiger partial charge in [-0.2, -0.15) is 0 Å². The van der Waals surface area contributed by atoms with Crippen LogP contribution >= 0.6 is 38.9 Å². The van der Waals surface area contributed by atoms with Crippen LogP contribution in [0.2, 0.25) is 4.34 Å². The molecule has 2 atom stereocenters. The maximum atomic E-state index is 8.87. The second kappa shape index (κ2) is 3.29. The number of halogens is 2. The van der Waals surface area contributed by atoms with Gasteiger partial charge in [-0.25, -0.2) is 0 Å². The van der Waals surface area contributed by atoms with E-state index in [2.05, 4.69) is 22.0 Å². The molecule has 2 rings (SSSR count). The van der Waals surface area contributed by atoms with E-state index in [4.69, 9.17) is 16.7 Å². The van der Waals surface area contributed by atoms with Crippen molar-refractivity contribution < 1.29 is 5.11 Å². The monoisotopic (exact) mass is 266 g/mol. The van der Waals surface area contributed by atoms with Crippen LogP contribution in [0.15, 0.2) is 10.5 Å². The molecule has 1 nitrogen and oxygen atoms in total. The van der Waals surface area contributed by atoms with Crippen molar-refractivity contribution in [3.8, 4) is 0 Å². The summed E-state index contributed by atoms with van der Waals surface area (Å²) in [4.78, 5) is 1.30. The lowest BCUT2D eigenvalue weighted by atomic mass is 10.3. The molecule has 2 unspecified atom stereocenters. The van der Waals surface area contributed by atoms with E-state index in [0.717, 1.165) is 15.2 Å². The fraction of sp³-hybridized carbons (Fsp3) is 0.500. The molecule has 1 aromatic rings. The number of rotatable bonds is 2. The summed E-state index contributed by atoms with van der Waals surface area (Å²) in [5.74, 6) is 1.04. The summed E-state index contributed by atoms with van der Waals surface area (Å²) in [6.45, 7) is 0.303. The third-order valence-electron chi connectivity index (χ3n) is 2.19. The van der Waals surface area contributed by atoms with Crippen LogP contribution in [0.4, 0.5) is 0 Å². The first-order valence-corrected chi connectivity index (χ1v) is 5.76. The molecule has 0 saturated heterocycles. The molecule has 0 spiro atoms. The second-order valence-electron chi connectivity index (χ2n) is 3.06. The Bertz CT molecular complexity index is 280. The molecule has 1 aliphatic rings. The first kappa shape index (κ1) is 9.00. The van der Waals surface area contributed by atoms with Gasteiger partial charge in [-0.1, -0.05) is 11.6 Å². The standard InChI is InChI=1S/C8H8BrClOS/c9-6-2-7(12-8(6)10)5-1-4(5)3-11/h2,4-5,11H,1,3H2. The molecule has 12 heavy (non-hydrogen) atoms. The highest BCUT2D eigenvalue weighted by molar-refractivity contribution is 9.10. The van der Waals surface area contributed by atoms with Crippen LogP contribution in [0.3, 0.4) is 0 Å². The normalized spacial score (nSPS) is 27.6. The highest BCUT2D eigenvalue weighted by atomic mass is 79.9. The van der Waals surface area contributed by atoms with E-state index in [-0.39, 0.29) is 0 Å². The van der Waals surface area contributed by atoms with Gasteiger partial charge in [0.05, 0.1) is 0 Å². The third-order valence-corrected chi connectivity index (χ3v) is 4.79. The van der Waals surface area contributed by atoms with E-state index in [9.17, 15) is 0 Å². The Balaban J connectivity index is 2.15. The average Bonchev–Trinajstić information content (AvgIpc) is 2.75. The van der Waals surface area contributed by atoms with Crippen LogP contribution in [-0.4, -0.2) is 11.7 Å². The summed E-state index contributed by atoms with van der Waals surface area (Å²) in [6.07, 6.45) is 1.11. The number of aliphatic hydroxyl groups is 1. The van der Waals surface area contributed by atoms with Crippen LogP contribution in [0, 0.1) is 5.92 Å². The summed E-state index contributed by atoms with van der Waals surface area (Å²) >= 11 is 10.9. The topological polar surface area (TPSA) is 20.2 Å². The van der Waals surface area contributed by atoms with Gasteiger partial charge in [-0.05, 0) is 40.3 Å². The lowest BCUT2D eigenvalue weighted by molar-refractivity contribution is 0.274. The highest BCUT2D eigenvalue weighted by Gasteiger charge is 2.38. The molecular weight excluding hydrogens is 260 g/mol. The number of aliphatic hydroxyl groups excluding tert-OH is 1. The Morgan fingerprint density at radius 1 is 1.75 bits per heavy atom. The van der Waals surface area contributed by atoms with Gasteiger partial charge in [0.15, 0.2) is 0 Å². The lowest BCUT2D eigenvalue weighted by Crippen LogP contribution is -1.85. The fourth-order valence-electron chi connectivity index (χ4n) is 1.34. The van der Waals surface area contributed by atoms with E-state index in [1.165, 1.54) is 4.88 Å². The van der Waals surface area contributed by atoms with Crippen LogP contribution in [0.25, 0.3) is 0 Å². The Morgan fingerprint density at radius 2 is 2.50 bits per heavy atom. The van der Waals surface area contributed by atoms with Gasteiger partial charge in [-0.15, -0.1) is 11.3 Å². The molecule has 1 aliphatic carbocycles. The number of hydrogen-bond acceptors (Lipinski definition) is 2. The summed E-state index contributed by atoms with van der Waals surface area (Å²) in [5, 5.41) is 8.87. The number of hydrogen-bond donors (Lipinski definition) is 1. The van der Waals surface area contributed by atoms with Gasteiger partial charge in [0.25, 0.3) is 0 Å². The molecule has 0 amide bonds. The molecule has 0 radical (unpaired) electrons. The summed E-state index contributed by atoms with van der Waals surface area (Å²) in [6, 6.07) is 2.06. The van der Waals surface area contributed by atoms with E-state index in [0.29, 0.717) is 18.4 Å². The molecule has 0 bridgehead atoms. The van der Waals surface area contributed by atoms with Crippen LogP contribution in [-0.2, 0) is 0 Å². The van der Waals surface area contributed by atoms with E-state index in [1.54, 1.807) is 11.3 Å². The van der Waals surface area contributed by atoms with E-state index < -0.39 is 0 Å². The molecule has 0 aliphatic heterocycles. The van der Waals surface area contributed by atoms with Crippen molar-refractivity contribution in [2.45, 2.75) is 12.3 Å². The van der Waals surface area contributed by atoms with Crippen molar-refractivity contribution in [2.24, 2.45) is 5.92 Å². The maximum absolute atomic E-state index is 8.87. The van der Waals surface area contributed by atoms with Crippen LogP contribution in [0.5, 0.6) is 0 Å². The molecule has 0 aromatic carbocycles. The Morgan fingerprint density at radius 3 is 2.92 bits per heavy atom. The predicted molar refractivity (Wildman–Crippen MR) is 55.0 cm³/mol. The van der Waals surface area contributed by atoms with Crippen LogP contribution in [0.1, 0.15) is 17.2 Å². The van der Waals surface area contributed by atoms with Crippen molar-refractivity contribution in [3.05, 3.63) is 19.8 Å². The summed E-state index contributed by atoms with van der Waals surface area (Å²) in [5.41, 5.74) is 0. The SMILES string of the molecule is OCC1CC1c1cc(Br)c(Cl)s1. The Labute approximate surface area is 88.5 Å². The summed E-state index contributed by atoms with van der Waals surface area (Å²) in [7, 11) is 0. The zero-order valence-electron chi connectivity index (χ0n) is 6.26. The average molecular weight is 268 g/mol. The quantitative estimate of drug-likeness (QED) is 0.872. The molecule has 1 fully saturated rings. The lowest BCUT2D eigenvalue weighted by Gasteiger charge is -1.89. The van der Waals surface area contributed by atoms with Crippen molar-refractivity contribution in [1.82, 2.24) is 0 Å². The molecule has 1 aromatic heterocycles. The minimum absolute atomic E-state index is 0.303. The van der Waals surface area contributed by atoms with Gasteiger partial charge >= 0.3 is 0 Å². The minimum atomic E-state index is 0.303. The largest absolute Gasteiger partial charge is 0.396 e. The fourth-order valence-corrected chi connectivity index (χ4v) is 3.29.